The molecule has 0 spiro atoms. The number of carbonyl (C=O) groups is 2. The maximum Gasteiger partial charge on any atom is 0.379 e. The van der Waals surface area contributed by atoms with Crippen LogP contribution in [0.25, 0.3) is 0 Å². The second-order valence-corrected chi connectivity index (χ2v) is 3.43. The number of ether oxygens (including phenoxy) is 2. The minimum atomic E-state index is -0.917. The van der Waals surface area contributed by atoms with Gasteiger partial charge in [0.05, 0.1) is 13.7 Å². The summed E-state index contributed by atoms with van der Waals surface area (Å²) in [6.45, 7) is 0.164. The van der Waals surface area contributed by atoms with Gasteiger partial charge < -0.3 is 9.47 Å². The van der Waals surface area contributed by atoms with Gasteiger partial charge in [0.15, 0.2) is 0 Å². The molecule has 0 N–H and O–H groups in total. The summed E-state index contributed by atoms with van der Waals surface area (Å²) in [6, 6.07) is 4.74. The summed E-state index contributed by atoms with van der Waals surface area (Å²) in [5, 5.41) is 0.386. The number of rotatable bonds is 4. The highest BCUT2D eigenvalue weighted by atomic mass is 35.5. The lowest BCUT2D eigenvalue weighted by Crippen LogP contribution is -2.17. The Bertz CT molecular complexity index is 414. The third-order valence-electron chi connectivity index (χ3n) is 2.02. The first kappa shape index (κ1) is 12.7. The number of halogens is 1. The van der Waals surface area contributed by atoms with Crippen molar-refractivity contribution in [1.29, 1.82) is 0 Å². The highest BCUT2D eigenvalue weighted by molar-refractivity contribution is 6.42. The van der Waals surface area contributed by atoms with E-state index < -0.39 is 11.8 Å². The van der Waals surface area contributed by atoms with Gasteiger partial charge in [-0.2, -0.15) is 0 Å². The van der Waals surface area contributed by atoms with Crippen LogP contribution in [0, 0.1) is 0 Å². The average Bonchev–Trinajstić information content (AvgIpc) is 2.30. The van der Waals surface area contributed by atoms with E-state index >= 15 is 0 Å². The van der Waals surface area contributed by atoms with Crippen LogP contribution >= 0.6 is 11.6 Å². The lowest BCUT2D eigenvalue weighted by atomic mass is 10.0. The average molecular weight is 243 g/mol. The van der Waals surface area contributed by atoms with Crippen LogP contribution in [0.1, 0.15) is 15.9 Å². The summed E-state index contributed by atoms with van der Waals surface area (Å²) in [5.74, 6) is -1.64. The fraction of sp³-hybridized carbons (Fsp3) is 0.273. The van der Waals surface area contributed by atoms with Crippen molar-refractivity contribution in [1.82, 2.24) is 0 Å². The van der Waals surface area contributed by atoms with Crippen molar-refractivity contribution in [2.45, 2.75) is 6.61 Å². The first-order valence-electron chi connectivity index (χ1n) is 4.50. The van der Waals surface area contributed by atoms with E-state index in [1.165, 1.54) is 13.2 Å². The molecule has 0 radical (unpaired) electrons. The van der Waals surface area contributed by atoms with Crippen molar-refractivity contribution >= 4 is 23.4 Å². The minimum absolute atomic E-state index is 0.164. The molecule has 1 aromatic rings. The Balaban J connectivity index is 3.17. The van der Waals surface area contributed by atoms with Crippen molar-refractivity contribution < 1.29 is 19.1 Å². The maximum atomic E-state index is 11.6. The van der Waals surface area contributed by atoms with E-state index in [9.17, 15) is 9.59 Å². The number of methoxy groups -OCH3 is 2. The van der Waals surface area contributed by atoms with Crippen molar-refractivity contribution in [2.24, 2.45) is 0 Å². The van der Waals surface area contributed by atoms with Crippen LogP contribution in [0.15, 0.2) is 18.2 Å². The summed E-state index contributed by atoms with van der Waals surface area (Å²) in [6.07, 6.45) is 0. The third kappa shape index (κ3) is 2.59. The van der Waals surface area contributed by atoms with Gasteiger partial charge in [0.25, 0.3) is 5.78 Å². The first-order chi connectivity index (χ1) is 7.61. The van der Waals surface area contributed by atoms with Gasteiger partial charge in [-0.3, -0.25) is 4.79 Å². The minimum Gasteiger partial charge on any atom is -0.463 e. The number of hydrogen-bond acceptors (Lipinski definition) is 4. The molecule has 0 heterocycles. The number of carbonyl (C=O) groups excluding carboxylic acids is 2. The normalized spacial score (nSPS) is 9.94. The summed E-state index contributed by atoms with van der Waals surface area (Å²) in [5.41, 5.74) is 0.697. The molecule has 16 heavy (non-hydrogen) atoms. The van der Waals surface area contributed by atoms with E-state index in [0.717, 1.165) is 7.11 Å². The van der Waals surface area contributed by atoms with Crippen LogP contribution < -0.4 is 0 Å². The zero-order valence-corrected chi connectivity index (χ0v) is 9.71. The molecule has 0 atom stereocenters. The highest BCUT2D eigenvalue weighted by Gasteiger charge is 2.21. The Morgan fingerprint density at radius 1 is 1.31 bits per heavy atom. The Morgan fingerprint density at radius 2 is 2.00 bits per heavy atom. The molecule has 0 aliphatic heterocycles. The summed E-state index contributed by atoms with van der Waals surface area (Å²) >= 11 is 5.92. The second kappa shape index (κ2) is 5.63. The standard InChI is InChI=1S/C11H11ClO4/c1-15-6-8-7(4-3-5-9(8)12)10(13)11(14)16-2/h3-5H,6H2,1-2H3. The van der Waals surface area contributed by atoms with Crippen LogP contribution in [0.3, 0.4) is 0 Å². The van der Waals surface area contributed by atoms with Gasteiger partial charge in [-0.1, -0.05) is 23.7 Å². The van der Waals surface area contributed by atoms with Gasteiger partial charge >= 0.3 is 5.97 Å². The summed E-state index contributed by atoms with van der Waals surface area (Å²) in [7, 11) is 2.64. The fourth-order valence-corrected chi connectivity index (χ4v) is 1.49. The van der Waals surface area contributed by atoms with Gasteiger partial charge in [-0.15, -0.1) is 0 Å². The fourth-order valence-electron chi connectivity index (χ4n) is 1.27. The van der Waals surface area contributed by atoms with Crippen LogP contribution in [-0.2, 0) is 20.9 Å². The van der Waals surface area contributed by atoms with E-state index in [0.29, 0.717) is 10.6 Å². The van der Waals surface area contributed by atoms with Crippen LogP contribution in [-0.4, -0.2) is 26.0 Å². The molecule has 0 unspecified atom stereocenters. The monoisotopic (exact) mass is 242 g/mol. The molecule has 1 rings (SSSR count). The smallest absolute Gasteiger partial charge is 0.379 e. The Hall–Kier alpha value is -1.39. The lowest BCUT2D eigenvalue weighted by molar-refractivity contribution is -0.135. The molecule has 0 saturated heterocycles. The SMILES string of the molecule is COCc1c(Cl)cccc1C(=O)C(=O)OC. The Labute approximate surface area is 98.1 Å². The van der Waals surface area contributed by atoms with E-state index in [2.05, 4.69) is 4.74 Å². The largest absolute Gasteiger partial charge is 0.463 e. The predicted molar refractivity (Wildman–Crippen MR) is 58.5 cm³/mol. The molecule has 0 aromatic heterocycles. The zero-order chi connectivity index (χ0) is 12.1. The number of hydrogen-bond donors (Lipinski definition) is 0. The van der Waals surface area contributed by atoms with Crippen LogP contribution in [0.5, 0.6) is 0 Å². The summed E-state index contributed by atoms with van der Waals surface area (Å²) < 4.78 is 9.29. The Kier molecular flexibility index (Phi) is 4.46. The van der Waals surface area contributed by atoms with Crippen molar-refractivity contribution in [3.63, 3.8) is 0 Å². The second-order valence-electron chi connectivity index (χ2n) is 3.02. The molecule has 5 heteroatoms. The maximum absolute atomic E-state index is 11.6. The first-order valence-corrected chi connectivity index (χ1v) is 4.88. The van der Waals surface area contributed by atoms with Crippen molar-refractivity contribution in [2.75, 3.05) is 14.2 Å². The Morgan fingerprint density at radius 3 is 2.56 bits per heavy atom. The van der Waals surface area contributed by atoms with Gasteiger partial charge in [-0.05, 0) is 6.07 Å². The third-order valence-corrected chi connectivity index (χ3v) is 2.38. The van der Waals surface area contributed by atoms with E-state index in [4.69, 9.17) is 16.3 Å². The molecule has 0 aliphatic carbocycles. The van der Waals surface area contributed by atoms with Gasteiger partial charge in [-0.25, -0.2) is 4.79 Å². The van der Waals surface area contributed by atoms with Crippen LogP contribution in [0.4, 0.5) is 0 Å². The number of benzene rings is 1. The van der Waals surface area contributed by atoms with Gasteiger partial charge in [0, 0.05) is 23.3 Å². The molecule has 1 aromatic carbocycles. The molecule has 86 valence electrons. The van der Waals surface area contributed by atoms with E-state index in [-0.39, 0.29) is 12.2 Å². The molecule has 0 amide bonds. The van der Waals surface area contributed by atoms with Crippen molar-refractivity contribution in [3.8, 4) is 0 Å². The molecule has 4 nitrogen and oxygen atoms in total. The number of Topliss-reactive ketones (excluding diaryl/α,β-unsaturated/α-hetero) is 1. The quantitative estimate of drug-likeness (QED) is 0.459. The molecule has 0 saturated carbocycles. The van der Waals surface area contributed by atoms with Crippen molar-refractivity contribution in [3.05, 3.63) is 34.3 Å². The van der Waals surface area contributed by atoms with Crippen LogP contribution in [0.2, 0.25) is 5.02 Å². The lowest BCUT2D eigenvalue weighted by Gasteiger charge is -2.08. The molecule has 0 bridgehead atoms. The molecule has 0 aliphatic rings. The predicted octanol–water partition coefficient (Wildman–Crippen LogP) is 1.84. The highest BCUT2D eigenvalue weighted by Crippen LogP contribution is 2.21. The number of esters is 1. The topological polar surface area (TPSA) is 52.6 Å². The van der Waals surface area contributed by atoms with E-state index in [1.54, 1.807) is 12.1 Å². The van der Waals surface area contributed by atoms with E-state index in [1.807, 2.05) is 0 Å². The zero-order valence-electron chi connectivity index (χ0n) is 8.95. The number of ketones is 1. The van der Waals surface area contributed by atoms with Gasteiger partial charge in [0.2, 0.25) is 0 Å². The molecular weight excluding hydrogens is 232 g/mol. The molecular formula is C11H11ClO4. The summed E-state index contributed by atoms with van der Waals surface area (Å²) in [4.78, 5) is 22.8. The molecule has 0 fully saturated rings. The van der Waals surface area contributed by atoms with Gasteiger partial charge in [0.1, 0.15) is 0 Å².